The summed E-state index contributed by atoms with van der Waals surface area (Å²) in [6.07, 6.45) is 4.73. The van der Waals surface area contributed by atoms with Crippen LogP contribution in [0.2, 0.25) is 0 Å². The summed E-state index contributed by atoms with van der Waals surface area (Å²) in [4.78, 5) is 38.9. The molecule has 5 rings (SSSR count). The highest BCUT2D eigenvalue weighted by Crippen LogP contribution is 2.36. The van der Waals surface area contributed by atoms with Crippen LogP contribution in [0.25, 0.3) is 11.8 Å². The van der Waals surface area contributed by atoms with E-state index >= 15 is 0 Å². The molecule has 2 aliphatic rings. The fraction of sp³-hybridized carbons (Fsp3) is 0.130. The van der Waals surface area contributed by atoms with Crippen molar-refractivity contribution in [2.24, 2.45) is 0 Å². The highest BCUT2D eigenvalue weighted by atomic mass is 32.2. The predicted molar refractivity (Wildman–Crippen MR) is 121 cm³/mol. The van der Waals surface area contributed by atoms with Gasteiger partial charge in [-0.15, -0.1) is 0 Å². The molecule has 3 heterocycles. The van der Waals surface area contributed by atoms with E-state index in [0.29, 0.717) is 22.0 Å². The topological polar surface area (TPSA) is 103 Å². The molecule has 3 amide bonds. The molecule has 2 aromatic carbocycles. The first-order valence-corrected chi connectivity index (χ1v) is 10.9. The Labute approximate surface area is 193 Å². The maximum Gasteiger partial charge on any atom is 0.293 e. The average molecular weight is 462 g/mol. The molecular formula is C23H18N4O5S. The average Bonchev–Trinajstić information content (AvgIpc) is 3.55. The SMILES string of the molecule is O=C(NCCN1C(=O)S/C(=C\c2ccc3c(c2)OCO3)C1=O)c1cnn(-c2ccccc2)c1. The Morgan fingerprint density at radius 3 is 2.79 bits per heavy atom. The number of imide groups is 1. The molecule has 9 nitrogen and oxygen atoms in total. The molecule has 3 aromatic rings. The van der Waals surface area contributed by atoms with Crippen LogP contribution in [-0.4, -0.2) is 51.6 Å². The Bertz CT molecular complexity index is 1270. The Hall–Kier alpha value is -4.05. The van der Waals surface area contributed by atoms with Crippen molar-refractivity contribution in [3.63, 3.8) is 0 Å². The summed E-state index contributed by atoms with van der Waals surface area (Å²) in [5.74, 6) is 0.514. The molecule has 1 aromatic heterocycles. The lowest BCUT2D eigenvalue weighted by Gasteiger charge is -2.12. The molecule has 0 bridgehead atoms. The van der Waals surface area contributed by atoms with Crippen molar-refractivity contribution >= 4 is 34.9 Å². The van der Waals surface area contributed by atoms with E-state index in [9.17, 15) is 14.4 Å². The number of para-hydroxylation sites is 1. The summed E-state index contributed by atoms with van der Waals surface area (Å²) >= 11 is 0.867. The molecule has 0 atom stereocenters. The maximum atomic E-state index is 12.7. The van der Waals surface area contributed by atoms with Crippen LogP contribution in [0, 0.1) is 0 Å². The molecule has 1 saturated heterocycles. The van der Waals surface area contributed by atoms with Gasteiger partial charge in [0.05, 0.1) is 22.4 Å². The Morgan fingerprint density at radius 1 is 1.12 bits per heavy atom. The normalized spacial score (nSPS) is 16.0. The summed E-state index contributed by atoms with van der Waals surface area (Å²) in [6, 6.07) is 14.7. The molecule has 0 radical (unpaired) electrons. The highest BCUT2D eigenvalue weighted by Gasteiger charge is 2.34. The van der Waals surface area contributed by atoms with Gasteiger partial charge in [0.25, 0.3) is 17.1 Å². The van der Waals surface area contributed by atoms with Gasteiger partial charge in [-0.25, -0.2) is 4.68 Å². The number of thioether (sulfide) groups is 1. The number of amides is 3. The second-order valence-corrected chi connectivity index (χ2v) is 8.20. The van der Waals surface area contributed by atoms with Gasteiger partial charge in [-0.05, 0) is 47.7 Å². The van der Waals surface area contributed by atoms with Crippen LogP contribution in [0.4, 0.5) is 4.79 Å². The third-order valence-corrected chi connectivity index (χ3v) is 5.96. The van der Waals surface area contributed by atoms with Gasteiger partial charge in [-0.2, -0.15) is 5.10 Å². The number of nitrogens with one attached hydrogen (secondary N) is 1. The van der Waals surface area contributed by atoms with E-state index in [1.165, 1.54) is 6.20 Å². The zero-order chi connectivity index (χ0) is 22.8. The van der Waals surface area contributed by atoms with Gasteiger partial charge < -0.3 is 14.8 Å². The molecule has 10 heteroatoms. The van der Waals surface area contributed by atoms with Crippen LogP contribution in [0.15, 0.2) is 65.8 Å². The van der Waals surface area contributed by atoms with Crippen LogP contribution < -0.4 is 14.8 Å². The molecule has 1 fully saturated rings. The van der Waals surface area contributed by atoms with Crippen LogP contribution in [0.3, 0.4) is 0 Å². The van der Waals surface area contributed by atoms with Gasteiger partial charge in [-0.3, -0.25) is 19.3 Å². The van der Waals surface area contributed by atoms with Crippen molar-refractivity contribution in [2.45, 2.75) is 0 Å². The second kappa shape index (κ2) is 8.83. The summed E-state index contributed by atoms with van der Waals surface area (Å²) in [7, 11) is 0. The largest absolute Gasteiger partial charge is 0.454 e. The van der Waals surface area contributed by atoms with Gasteiger partial charge in [0.1, 0.15) is 0 Å². The smallest absolute Gasteiger partial charge is 0.293 e. The standard InChI is InChI=1S/C23H18N4O5S/c28-21(16-12-25-27(13-16)17-4-2-1-3-5-17)24-8-9-26-22(29)20(33-23(26)30)11-15-6-7-18-19(10-15)32-14-31-18/h1-7,10-13H,8-9,14H2,(H,24,28)/b20-11-. The number of ether oxygens (including phenoxy) is 2. The lowest BCUT2D eigenvalue weighted by atomic mass is 10.2. The molecule has 166 valence electrons. The number of hydrogen-bond acceptors (Lipinski definition) is 7. The van der Waals surface area contributed by atoms with Crippen molar-refractivity contribution in [3.05, 3.63) is 77.0 Å². The van der Waals surface area contributed by atoms with Gasteiger partial charge in [0.15, 0.2) is 11.5 Å². The first-order chi connectivity index (χ1) is 16.1. The molecule has 0 spiro atoms. The van der Waals surface area contributed by atoms with Gasteiger partial charge in [-0.1, -0.05) is 24.3 Å². The first-order valence-electron chi connectivity index (χ1n) is 10.1. The van der Waals surface area contributed by atoms with Crippen LogP contribution in [0.5, 0.6) is 11.5 Å². The van der Waals surface area contributed by atoms with E-state index in [4.69, 9.17) is 9.47 Å². The van der Waals surface area contributed by atoms with Crippen molar-refractivity contribution < 1.29 is 23.9 Å². The fourth-order valence-electron chi connectivity index (χ4n) is 3.39. The lowest BCUT2D eigenvalue weighted by Crippen LogP contribution is -2.37. The minimum Gasteiger partial charge on any atom is -0.454 e. The second-order valence-electron chi connectivity index (χ2n) is 7.21. The highest BCUT2D eigenvalue weighted by molar-refractivity contribution is 8.18. The summed E-state index contributed by atoms with van der Waals surface area (Å²) in [5.41, 5.74) is 1.95. The number of fused-ring (bicyclic) bond motifs is 1. The van der Waals surface area contributed by atoms with Crippen molar-refractivity contribution in [1.82, 2.24) is 20.0 Å². The summed E-state index contributed by atoms with van der Waals surface area (Å²) in [6.45, 7) is 0.362. The van der Waals surface area contributed by atoms with E-state index in [1.807, 2.05) is 30.3 Å². The van der Waals surface area contributed by atoms with E-state index in [2.05, 4.69) is 10.4 Å². The quantitative estimate of drug-likeness (QED) is 0.562. The summed E-state index contributed by atoms with van der Waals surface area (Å²) < 4.78 is 12.2. The Kier molecular flexibility index (Phi) is 5.57. The molecule has 33 heavy (non-hydrogen) atoms. The number of benzene rings is 2. The van der Waals surface area contributed by atoms with Crippen LogP contribution in [0.1, 0.15) is 15.9 Å². The minimum atomic E-state index is -0.395. The molecule has 0 unspecified atom stereocenters. The summed E-state index contributed by atoms with van der Waals surface area (Å²) in [5, 5.41) is 6.55. The number of carbonyl (C=O) groups excluding carboxylic acids is 3. The van der Waals surface area contributed by atoms with Crippen molar-refractivity contribution in [1.29, 1.82) is 0 Å². The number of aromatic nitrogens is 2. The number of carbonyl (C=O) groups is 3. The molecule has 1 N–H and O–H groups in total. The third-order valence-electron chi connectivity index (χ3n) is 5.05. The van der Waals surface area contributed by atoms with Gasteiger partial charge >= 0.3 is 0 Å². The van der Waals surface area contributed by atoms with Crippen LogP contribution in [-0.2, 0) is 4.79 Å². The van der Waals surface area contributed by atoms with E-state index in [0.717, 1.165) is 27.9 Å². The lowest BCUT2D eigenvalue weighted by molar-refractivity contribution is -0.122. The van der Waals surface area contributed by atoms with E-state index < -0.39 is 5.91 Å². The number of rotatable bonds is 6. The first kappa shape index (κ1) is 20.8. The Balaban J connectivity index is 1.18. The van der Waals surface area contributed by atoms with E-state index in [-0.39, 0.29) is 31.0 Å². The number of nitrogens with zero attached hydrogens (tertiary/aromatic N) is 3. The molecule has 0 saturated carbocycles. The molecular weight excluding hydrogens is 444 g/mol. The van der Waals surface area contributed by atoms with Crippen molar-refractivity contribution in [3.8, 4) is 17.2 Å². The van der Waals surface area contributed by atoms with E-state index in [1.54, 1.807) is 35.2 Å². The maximum absolute atomic E-state index is 12.7. The zero-order valence-electron chi connectivity index (χ0n) is 17.3. The number of hydrogen-bond donors (Lipinski definition) is 1. The van der Waals surface area contributed by atoms with Crippen LogP contribution >= 0.6 is 11.8 Å². The third kappa shape index (κ3) is 4.33. The predicted octanol–water partition coefficient (Wildman–Crippen LogP) is 3.07. The molecule has 2 aliphatic heterocycles. The van der Waals surface area contributed by atoms with Gasteiger partial charge in [0, 0.05) is 19.3 Å². The Morgan fingerprint density at radius 2 is 1.94 bits per heavy atom. The fourth-order valence-corrected chi connectivity index (χ4v) is 4.26. The van der Waals surface area contributed by atoms with Crippen molar-refractivity contribution in [2.75, 3.05) is 19.9 Å². The monoisotopic (exact) mass is 462 g/mol. The van der Waals surface area contributed by atoms with Gasteiger partial charge in [0.2, 0.25) is 6.79 Å². The minimum absolute atomic E-state index is 0.0711. The zero-order valence-corrected chi connectivity index (χ0v) is 18.1. The molecule has 0 aliphatic carbocycles.